The first-order valence-corrected chi connectivity index (χ1v) is 5.53. The van der Waals surface area contributed by atoms with Gasteiger partial charge in [-0.25, -0.2) is 0 Å². The monoisotopic (exact) mass is 246 g/mol. The summed E-state index contributed by atoms with van der Waals surface area (Å²) >= 11 is 0. The fourth-order valence-corrected chi connectivity index (χ4v) is 1.87. The summed E-state index contributed by atoms with van der Waals surface area (Å²) in [6, 6.07) is 8.53. The minimum absolute atomic E-state index is 0.317. The minimum Gasteiger partial charge on any atom is -0.497 e. The molecule has 0 aliphatic heterocycles. The Hall–Kier alpha value is -1.91. The molecular weight excluding hydrogens is 232 g/mol. The van der Waals surface area contributed by atoms with E-state index in [-0.39, 0.29) is 5.78 Å². The molecule has 1 aromatic carbocycles. The van der Waals surface area contributed by atoms with Gasteiger partial charge >= 0.3 is 0 Å². The second-order valence-corrected chi connectivity index (χ2v) is 4.10. The molecule has 1 aromatic rings. The summed E-state index contributed by atoms with van der Waals surface area (Å²) in [7, 11) is 1.42. The first kappa shape index (κ1) is 12.5. The Balaban J connectivity index is 2.28. The molecule has 1 aliphatic carbocycles. The molecule has 2 N–H and O–H groups in total. The highest BCUT2D eigenvalue weighted by molar-refractivity contribution is 5.99. The highest BCUT2D eigenvalue weighted by atomic mass is 16.5. The van der Waals surface area contributed by atoms with Gasteiger partial charge in [-0.05, 0) is 6.08 Å². The summed E-state index contributed by atoms with van der Waals surface area (Å²) in [6.07, 6.45) is 4.11. The molecule has 0 bridgehead atoms. The van der Waals surface area contributed by atoms with Crippen molar-refractivity contribution >= 4 is 5.78 Å². The molecule has 1 atom stereocenters. The largest absolute Gasteiger partial charge is 0.497 e. The Morgan fingerprint density at radius 1 is 1.28 bits per heavy atom. The van der Waals surface area contributed by atoms with Crippen LogP contribution in [0.25, 0.3) is 0 Å². The molecule has 0 radical (unpaired) electrons. The summed E-state index contributed by atoms with van der Waals surface area (Å²) in [4.78, 5) is 12.2. The molecule has 4 nitrogen and oxygen atoms in total. The fourth-order valence-electron chi connectivity index (χ4n) is 1.87. The number of allylic oxidation sites excluding steroid dienone is 1. The molecule has 4 heteroatoms. The number of carbonyl (C=O) groups is 1. The number of ketones is 1. The third-order valence-electron chi connectivity index (χ3n) is 2.84. The molecule has 2 rings (SSSR count). The van der Waals surface area contributed by atoms with E-state index in [9.17, 15) is 15.0 Å². The van der Waals surface area contributed by atoms with E-state index < -0.39 is 11.7 Å². The molecular formula is C14H14O4. The lowest BCUT2D eigenvalue weighted by Gasteiger charge is -2.28. The van der Waals surface area contributed by atoms with Crippen molar-refractivity contribution in [2.45, 2.75) is 5.79 Å². The van der Waals surface area contributed by atoms with Crippen molar-refractivity contribution in [3.8, 4) is 0 Å². The first-order valence-electron chi connectivity index (χ1n) is 5.53. The molecule has 94 valence electrons. The zero-order valence-electron chi connectivity index (χ0n) is 9.91. The molecule has 1 unspecified atom stereocenters. The van der Waals surface area contributed by atoms with Gasteiger partial charge in [0.05, 0.1) is 13.0 Å². The molecule has 0 amide bonds. The predicted molar refractivity (Wildman–Crippen MR) is 65.7 cm³/mol. The number of aliphatic hydroxyl groups is 2. The van der Waals surface area contributed by atoms with E-state index in [1.54, 1.807) is 36.4 Å². The highest BCUT2D eigenvalue weighted by Gasteiger charge is 2.39. The molecule has 0 saturated heterocycles. The topological polar surface area (TPSA) is 66.8 Å². The summed E-state index contributed by atoms with van der Waals surface area (Å²) in [6.45, 7) is 0. The number of Topliss-reactive ketones (excluding diaryl/α,β-unsaturated/α-hetero) is 1. The second kappa shape index (κ2) is 4.76. The zero-order chi connectivity index (χ0) is 13.2. The van der Waals surface area contributed by atoms with Crippen molar-refractivity contribution in [1.29, 1.82) is 0 Å². The lowest BCUT2D eigenvalue weighted by molar-refractivity contribution is -0.139. The normalized spacial score (nSPS) is 21.3. The molecule has 0 spiro atoms. The Labute approximate surface area is 105 Å². The van der Waals surface area contributed by atoms with Crippen LogP contribution in [0.15, 0.2) is 54.3 Å². The molecule has 0 saturated carbocycles. The Bertz CT molecular complexity index is 500. The lowest BCUT2D eigenvalue weighted by Crippen LogP contribution is -2.41. The maximum absolute atomic E-state index is 12.2. The van der Waals surface area contributed by atoms with E-state index in [2.05, 4.69) is 0 Å². The van der Waals surface area contributed by atoms with E-state index in [1.165, 1.54) is 13.2 Å². The lowest BCUT2D eigenvalue weighted by atomic mass is 9.86. The Morgan fingerprint density at radius 3 is 2.50 bits per heavy atom. The van der Waals surface area contributed by atoms with Crippen molar-refractivity contribution in [2.24, 2.45) is 5.92 Å². The number of hydrogen-bond donors (Lipinski definition) is 2. The van der Waals surface area contributed by atoms with Crippen LogP contribution in [0.4, 0.5) is 0 Å². The summed E-state index contributed by atoms with van der Waals surface area (Å²) in [5, 5.41) is 19.8. The summed E-state index contributed by atoms with van der Waals surface area (Å²) in [5.74, 6) is -3.29. The van der Waals surface area contributed by atoms with E-state index in [1.807, 2.05) is 0 Å². The second-order valence-electron chi connectivity index (χ2n) is 4.10. The average molecular weight is 246 g/mol. The summed E-state index contributed by atoms with van der Waals surface area (Å²) in [5.41, 5.74) is 0.439. The van der Waals surface area contributed by atoms with Gasteiger partial charge in [-0.15, -0.1) is 0 Å². The third-order valence-corrected chi connectivity index (χ3v) is 2.84. The summed E-state index contributed by atoms with van der Waals surface area (Å²) < 4.78 is 4.90. The standard InChI is InChI=1S/C14H14O4/c1-18-11-7-8-12(14(16,17)9-11)13(15)10-5-3-2-4-6-10/h2-9,12,16-17H,1H3. The van der Waals surface area contributed by atoms with Gasteiger partial charge in [0.15, 0.2) is 5.78 Å². The van der Waals surface area contributed by atoms with E-state index >= 15 is 0 Å². The van der Waals surface area contributed by atoms with E-state index in [4.69, 9.17) is 4.74 Å². The number of methoxy groups -OCH3 is 1. The maximum atomic E-state index is 12.2. The number of carbonyl (C=O) groups excluding carboxylic acids is 1. The van der Waals surface area contributed by atoms with E-state index in [0.717, 1.165) is 6.08 Å². The minimum atomic E-state index is -2.23. The van der Waals surface area contributed by atoms with E-state index in [0.29, 0.717) is 11.3 Å². The molecule has 0 aromatic heterocycles. The van der Waals surface area contributed by atoms with Crippen LogP contribution in [0.1, 0.15) is 10.4 Å². The first-order chi connectivity index (χ1) is 8.54. The SMILES string of the molecule is COC1=CC(O)(O)C(C(=O)c2ccccc2)C=C1. The number of ether oxygens (including phenoxy) is 1. The smallest absolute Gasteiger partial charge is 0.200 e. The number of benzene rings is 1. The van der Waals surface area contributed by atoms with Gasteiger partial charge in [-0.2, -0.15) is 0 Å². The average Bonchev–Trinajstić information content (AvgIpc) is 2.38. The molecule has 1 aliphatic rings. The van der Waals surface area contributed by atoms with Gasteiger partial charge in [0.2, 0.25) is 5.79 Å². The van der Waals surface area contributed by atoms with Gasteiger partial charge in [0.25, 0.3) is 0 Å². The van der Waals surface area contributed by atoms with Crippen molar-refractivity contribution < 1.29 is 19.7 Å². The number of hydrogen-bond acceptors (Lipinski definition) is 4. The Kier molecular flexibility index (Phi) is 3.32. The quantitative estimate of drug-likeness (QED) is 0.622. The van der Waals surface area contributed by atoms with Gasteiger partial charge < -0.3 is 14.9 Å². The van der Waals surface area contributed by atoms with Crippen LogP contribution in [-0.4, -0.2) is 28.9 Å². The van der Waals surface area contributed by atoms with Gasteiger partial charge in [0.1, 0.15) is 5.76 Å². The van der Waals surface area contributed by atoms with Crippen LogP contribution in [0, 0.1) is 5.92 Å². The van der Waals surface area contributed by atoms with Crippen LogP contribution in [0.3, 0.4) is 0 Å². The maximum Gasteiger partial charge on any atom is 0.200 e. The van der Waals surface area contributed by atoms with Crippen LogP contribution in [0.5, 0.6) is 0 Å². The van der Waals surface area contributed by atoms with Crippen LogP contribution in [0.2, 0.25) is 0 Å². The third kappa shape index (κ3) is 2.34. The van der Waals surface area contributed by atoms with Crippen LogP contribution in [-0.2, 0) is 4.74 Å². The zero-order valence-corrected chi connectivity index (χ0v) is 9.91. The van der Waals surface area contributed by atoms with Crippen molar-refractivity contribution in [2.75, 3.05) is 7.11 Å². The van der Waals surface area contributed by atoms with Gasteiger partial charge in [-0.1, -0.05) is 36.4 Å². The van der Waals surface area contributed by atoms with Crippen molar-refractivity contribution in [1.82, 2.24) is 0 Å². The molecule has 0 heterocycles. The molecule has 0 fully saturated rings. The predicted octanol–water partition coefficient (Wildman–Crippen LogP) is 1.27. The van der Waals surface area contributed by atoms with Crippen LogP contribution >= 0.6 is 0 Å². The fraction of sp³-hybridized carbons (Fsp3) is 0.214. The van der Waals surface area contributed by atoms with Crippen LogP contribution < -0.4 is 0 Å². The highest BCUT2D eigenvalue weighted by Crippen LogP contribution is 2.28. The van der Waals surface area contributed by atoms with Gasteiger partial charge in [-0.3, -0.25) is 4.79 Å². The van der Waals surface area contributed by atoms with Crippen molar-refractivity contribution in [3.63, 3.8) is 0 Å². The Morgan fingerprint density at radius 2 is 1.94 bits per heavy atom. The number of rotatable bonds is 3. The van der Waals surface area contributed by atoms with Gasteiger partial charge in [0, 0.05) is 11.6 Å². The molecule has 18 heavy (non-hydrogen) atoms. The van der Waals surface area contributed by atoms with Crippen molar-refractivity contribution in [3.05, 3.63) is 59.9 Å².